The van der Waals surface area contributed by atoms with Gasteiger partial charge in [0.1, 0.15) is 5.01 Å². The maximum absolute atomic E-state index is 12.3. The fourth-order valence-corrected chi connectivity index (χ4v) is 3.10. The lowest BCUT2D eigenvalue weighted by Crippen LogP contribution is -2.37. The van der Waals surface area contributed by atoms with Crippen LogP contribution in [-0.2, 0) is 11.0 Å². The molecule has 1 heterocycles. The largest absolute Gasteiger partial charge is 0.389 e. The molecule has 0 aliphatic rings. The lowest BCUT2D eigenvalue weighted by molar-refractivity contribution is -0.136. The summed E-state index contributed by atoms with van der Waals surface area (Å²) in [5.74, 6) is 0. The summed E-state index contributed by atoms with van der Waals surface area (Å²) in [4.78, 5) is 4.61. The van der Waals surface area contributed by atoms with Crippen LogP contribution in [0.15, 0.2) is 5.38 Å². The minimum Gasteiger partial charge on any atom is -0.309 e. The minimum atomic E-state index is -4.09. The zero-order valence-corrected chi connectivity index (χ0v) is 13.5. The van der Waals surface area contributed by atoms with Crippen LogP contribution in [0, 0.1) is 0 Å². The summed E-state index contributed by atoms with van der Waals surface area (Å²) in [7, 11) is 1.77. The normalized spacial score (nSPS) is 16.2. The van der Waals surface area contributed by atoms with E-state index in [4.69, 9.17) is 0 Å². The molecule has 0 aliphatic carbocycles. The lowest BCUT2D eigenvalue weighted by atomic mass is 9.92. The van der Waals surface area contributed by atoms with E-state index < -0.39 is 18.1 Å². The molecule has 0 fully saturated rings. The van der Waals surface area contributed by atoms with Crippen molar-refractivity contribution in [3.05, 3.63) is 16.1 Å². The molecule has 1 unspecified atom stereocenters. The first-order valence-corrected chi connectivity index (χ1v) is 7.58. The van der Waals surface area contributed by atoms with Crippen LogP contribution in [0.25, 0.3) is 0 Å². The van der Waals surface area contributed by atoms with Crippen LogP contribution in [0.1, 0.15) is 57.7 Å². The van der Waals surface area contributed by atoms with Gasteiger partial charge in [-0.3, -0.25) is 0 Å². The maximum atomic E-state index is 12.3. The summed E-state index contributed by atoms with van der Waals surface area (Å²) in [5.41, 5.74) is 0.434. The zero-order valence-electron chi connectivity index (χ0n) is 12.7. The Balaban J connectivity index is 2.80. The Morgan fingerprint density at radius 2 is 1.75 bits per heavy atom. The van der Waals surface area contributed by atoms with Gasteiger partial charge in [-0.05, 0) is 26.8 Å². The quantitative estimate of drug-likeness (QED) is 0.859. The van der Waals surface area contributed by atoms with E-state index in [-0.39, 0.29) is 11.8 Å². The number of nitrogens with one attached hydrogen (secondary N) is 1. The molecule has 0 radical (unpaired) electrons. The van der Waals surface area contributed by atoms with E-state index in [2.05, 4.69) is 31.1 Å². The van der Waals surface area contributed by atoms with Crippen molar-refractivity contribution < 1.29 is 13.2 Å². The Morgan fingerprint density at radius 1 is 1.15 bits per heavy atom. The third-order valence-electron chi connectivity index (χ3n) is 3.43. The van der Waals surface area contributed by atoms with Crippen molar-refractivity contribution in [2.75, 3.05) is 7.05 Å². The highest BCUT2D eigenvalue weighted by molar-refractivity contribution is 7.09. The smallest absolute Gasteiger partial charge is 0.309 e. The van der Waals surface area contributed by atoms with Crippen molar-refractivity contribution in [3.63, 3.8) is 0 Å². The van der Waals surface area contributed by atoms with Gasteiger partial charge in [-0.2, -0.15) is 13.2 Å². The number of thiazole rings is 1. The van der Waals surface area contributed by atoms with Crippen molar-refractivity contribution in [2.24, 2.45) is 0 Å². The number of alkyl halides is 3. The van der Waals surface area contributed by atoms with Gasteiger partial charge in [-0.1, -0.05) is 20.8 Å². The first-order chi connectivity index (χ1) is 8.98. The van der Waals surface area contributed by atoms with E-state index in [0.717, 1.165) is 10.7 Å². The number of hydrogen-bond acceptors (Lipinski definition) is 3. The number of rotatable bonds is 5. The van der Waals surface area contributed by atoms with Crippen molar-refractivity contribution in [2.45, 2.75) is 64.1 Å². The van der Waals surface area contributed by atoms with Gasteiger partial charge in [0.15, 0.2) is 0 Å². The fraction of sp³-hybridized carbons (Fsp3) is 0.786. The minimum absolute atomic E-state index is 0.0463. The second kappa shape index (κ2) is 6.02. The van der Waals surface area contributed by atoms with Gasteiger partial charge in [0.25, 0.3) is 0 Å². The number of aromatic nitrogens is 1. The molecule has 0 bridgehead atoms. The van der Waals surface area contributed by atoms with Gasteiger partial charge in [-0.15, -0.1) is 11.3 Å². The SMILES string of the molecule is CNC(C)(CCCC(F)(F)F)c1nc(C(C)(C)C)cs1. The van der Waals surface area contributed by atoms with Crippen LogP contribution in [0.5, 0.6) is 0 Å². The fourth-order valence-electron chi connectivity index (χ4n) is 1.85. The molecule has 0 aliphatic heterocycles. The molecule has 0 amide bonds. The summed E-state index contributed by atoms with van der Waals surface area (Å²) in [6, 6.07) is 0. The molecule has 2 nitrogen and oxygen atoms in total. The molecule has 0 saturated heterocycles. The second-order valence-corrected chi connectivity index (χ2v) is 7.20. The highest BCUT2D eigenvalue weighted by atomic mass is 32.1. The van der Waals surface area contributed by atoms with Gasteiger partial charge in [0.05, 0.1) is 11.2 Å². The average Bonchev–Trinajstić information content (AvgIpc) is 2.76. The Labute approximate surface area is 122 Å². The first-order valence-electron chi connectivity index (χ1n) is 6.70. The summed E-state index contributed by atoms with van der Waals surface area (Å²) >= 11 is 1.51. The maximum Gasteiger partial charge on any atom is 0.389 e. The number of hydrogen-bond donors (Lipinski definition) is 1. The topological polar surface area (TPSA) is 24.9 Å². The van der Waals surface area contributed by atoms with Crippen molar-refractivity contribution in [1.82, 2.24) is 10.3 Å². The first kappa shape index (κ1) is 17.4. The van der Waals surface area contributed by atoms with Gasteiger partial charge in [0, 0.05) is 17.2 Å². The van der Waals surface area contributed by atoms with Crippen LogP contribution in [0.3, 0.4) is 0 Å². The van der Waals surface area contributed by atoms with E-state index in [1.54, 1.807) is 7.05 Å². The summed E-state index contributed by atoms with van der Waals surface area (Å²) < 4.78 is 36.8. The van der Waals surface area contributed by atoms with E-state index in [1.807, 2.05) is 12.3 Å². The van der Waals surface area contributed by atoms with E-state index in [1.165, 1.54) is 11.3 Å². The highest BCUT2D eigenvalue weighted by Crippen LogP contribution is 2.34. The van der Waals surface area contributed by atoms with E-state index in [9.17, 15) is 13.2 Å². The lowest BCUT2D eigenvalue weighted by Gasteiger charge is -2.27. The van der Waals surface area contributed by atoms with Gasteiger partial charge < -0.3 is 5.32 Å². The molecule has 1 rings (SSSR count). The van der Waals surface area contributed by atoms with E-state index >= 15 is 0 Å². The molecular formula is C14H23F3N2S. The predicted octanol–water partition coefficient (Wildman–Crippen LogP) is 4.61. The Kier molecular flexibility index (Phi) is 5.24. The predicted molar refractivity (Wildman–Crippen MR) is 77.1 cm³/mol. The molecule has 0 aromatic carbocycles. The third kappa shape index (κ3) is 4.74. The molecule has 116 valence electrons. The van der Waals surface area contributed by atoms with E-state index in [0.29, 0.717) is 6.42 Å². The standard InChI is InChI=1S/C14H23F3N2S/c1-12(2,3)10-9-20-11(19-10)13(4,18-5)7-6-8-14(15,16)17/h9,18H,6-8H2,1-5H3. The van der Waals surface area contributed by atoms with Crippen LogP contribution in [0.2, 0.25) is 0 Å². The molecule has 1 atom stereocenters. The summed E-state index contributed by atoms with van der Waals surface area (Å²) in [6.45, 7) is 8.14. The van der Waals surface area contributed by atoms with Gasteiger partial charge in [0.2, 0.25) is 0 Å². The average molecular weight is 308 g/mol. The van der Waals surface area contributed by atoms with Crippen LogP contribution in [0.4, 0.5) is 13.2 Å². The Hall–Kier alpha value is -0.620. The van der Waals surface area contributed by atoms with Gasteiger partial charge >= 0.3 is 6.18 Å². The molecule has 20 heavy (non-hydrogen) atoms. The summed E-state index contributed by atoms with van der Waals surface area (Å²) in [6.07, 6.45) is -4.32. The van der Waals surface area contributed by atoms with Crippen molar-refractivity contribution in [3.8, 4) is 0 Å². The van der Waals surface area contributed by atoms with Gasteiger partial charge in [-0.25, -0.2) is 4.98 Å². The molecule has 6 heteroatoms. The Bertz CT molecular complexity index is 434. The monoisotopic (exact) mass is 308 g/mol. The molecule has 1 aromatic rings. The molecule has 1 aromatic heterocycles. The highest BCUT2D eigenvalue weighted by Gasteiger charge is 2.32. The molecule has 0 saturated carbocycles. The van der Waals surface area contributed by atoms with Crippen LogP contribution in [-0.4, -0.2) is 18.2 Å². The number of halogens is 3. The van der Waals surface area contributed by atoms with Crippen molar-refractivity contribution >= 4 is 11.3 Å². The number of nitrogens with zero attached hydrogens (tertiary/aromatic N) is 1. The summed E-state index contributed by atoms with van der Waals surface area (Å²) in [5, 5.41) is 5.97. The molecule has 0 spiro atoms. The zero-order chi connectivity index (χ0) is 15.6. The Morgan fingerprint density at radius 3 is 2.15 bits per heavy atom. The molecular weight excluding hydrogens is 285 g/mol. The molecule has 1 N–H and O–H groups in total. The van der Waals surface area contributed by atoms with Crippen LogP contribution >= 0.6 is 11.3 Å². The second-order valence-electron chi connectivity index (χ2n) is 6.34. The van der Waals surface area contributed by atoms with Crippen LogP contribution < -0.4 is 5.32 Å². The van der Waals surface area contributed by atoms with Crippen molar-refractivity contribution in [1.29, 1.82) is 0 Å². The third-order valence-corrected chi connectivity index (χ3v) is 4.54.